The molecule has 3 aliphatic rings. The molecule has 2 N–H and O–H groups in total. The fourth-order valence-electron chi connectivity index (χ4n) is 9.36. The second-order valence-electron chi connectivity index (χ2n) is 14.9. The molecule has 12 rings (SSSR count). The fraction of sp³-hybridized carbons (Fsp3) is 0.0444. The first-order chi connectivity index (χ1) is 28.5. The summed E-state index contributed by atoms with van der Waals surface area (Å²) in [4.78, 5) is 13.1. The van der Waals surface area contributed by atoms with Crippen LogP contribution in [0, 0.1) is 69.8 Å². The van der Waals surface area contributed by atoms with Gasteiger partial charge < -0.3 is 10.5 Å². The lowest BCUT2D eigenvalue weighted by Crippen LogP contribution is -2.46. The Balaban J connectivity index is 1.30. The number of carbonyl (C=O) groups excluding carboxylic acids is 1. The molecule has 9 aromatic carbocycles. The fourth-order valence-corrected chi connectivity index (χ4v) is 9.36. The summed E-state index contributed by atoms with van der Waals surface area (Å²) in [5.41, 5.74) is 4.84. The van der Waals surface area contributed by atoms with Gasteiger partial charge in [0, 0.05) is 54.9 Å². The summed E-state index contributed by atoms with van der Waals surface area (Å²) in [6.45, 7) is 0. The number of benzene rings is 9. The highest BCUT2D eigenvalue weighted by Gasteiger charge is 2.55. The number of hydrogen-bond donors (Lipinski definition) is 1. The van der Waals surface area contributed by atoms with Gasteiger partial charge in [-0.25, -0.2) is 57.5 Å². The minimum atomic E-state index is -2.18. The lowest BCUT2D eigenvalue weighted by Gasteiger charge is -2.49. The highest BCUT2D eigenvalue weighted by atomic mass is 19.2. The molecule has 1 amide bonds. The molecule has 0 unspecified atom stereocenters. The molecular weight excluding hydrogens is 814 g/mol. The average Bonchev–Trinajstić information content (AvgIpc) is 3.24. The molecule has 0 radical (unpaired) electrons. The number of fused-ring (bicyclic) bond motifs is 6. The third-order valence-corrected chi connectivity index (χ3v) is 11.9. The number of nitrogens with two attached hydrogens (primary N) is 1. The number of hydrogen-bond acceptors (Lipinski definition) is 2. The van der Waals surface area contributed by atoms with Crippen molar-refractivity contribution in [3.05, 3.63) is 176 Å². The van der Waals surface area contributed by atoms with Crippen LogP contribution in [-0.4, -0.2) is 6.09 Å². The zero-order chi connectivity index (χ0) is 42.2. The van der Waals surface area contributed by atoms with Crippen molar-refractivity contribution in [3.63, 3.8) is 0 Å². The Morgan fingerprint density at radius 1 is 0.367 bits per heavy atom. The number of amides is 1. The lowest BCUT2D eigenvalue weighted by molar-refractivity contribution is 0.0677. The summed E-state index contributed by atoms with van der Waals surface area (Å²) < 4.78 is 184. The van der Waals surface area contributed by atoms with Gasteiger partial charge in [0.05, 0.1) is 0 Å². The van der Waals surface area contributed by atoms with Crippen LogP contribution in [0.15, 0.2) is 72.8 Å². The third-order valence-electron chi connectivity index (χ3n) is 11.9. The van der Waals surface area contributed by atoms with E-state index in [1.165, 1.54) is 36.4 Å². The molecular formula is C45H15F12NO2. The van der Waals surface area contributed by atoms with Crippen LogP contribution in [0.1, 0.15) is 39.3 Å². The topological polar surface area (TPSA) is 52.3 Å². The molecule has 296 valence electrons. The first-order valence-corrected chi connectivity index (χ1v) is 17.7. The van der Waals surface area contributed by atoms with E-state index in [1.54, 1.807) is 0 Å². The summed E-state index contributed by atoms with van der Waals surface area (Å²) in [6, 6.07) is 15.0. The second-order valence-corrected chi connectivity index (χ2v) is 14.9. The van der Waals surface area contributed by atoms with E-state index in [9.17, 15) is 31.1 Å². The Bertz CT molecular complexity index is 3240. The van der Waals surface area contributed by atoms with Gasteiger partial charge in [-0.3, -0.25) is 0 Å². The van der Waals surface area contributed by atoms with E-state index in [4.69, 9.17) is 10.5 Å². The number of rotatable bonds is 1. The van der Waals surface area contributed by atoms with Gasteiger partial charge in [0.25, 0.3) is 0 Å². The van der Waals surface area contributed by atoms with E-state index in [0.717, 1.165) is 36.4 Å². The number of carbonyl (C=O) groups is 1. The molecule has 60 heavy (non-hydrogen) atoms. The number of ether oxygens (including phenoxy) is 1. The maximum absolute atomic E-state index is 15.2. The zero-order valence-electron chi connectivity index (χ0n) is 29.4. The summed E-state index contributed by atoms with van der Waals surface area (Å²) in [5.74, 6) is -23.4. The average molecular weight is 830 g/mol. The van der Waals surface area contributed by atoms with Gasteiger partial charge in [-0.05, 0) is 122 Å². The molecule has 15 heteroatoms. The predicted molar refractivity (Wildman–Crippen MR) is 195 cm³/mol. The van der Waals surface area contributed by atoms with E-state index in [0.29, 0.717) is 16.7 Å². The molecule has 0 fully saturated rings. The Hall–Kier alpha value is -7.03. The maximum atomic E-state index is 15.2. The zero-order valence-corrected chi connectivity index (χ0v) is 29.4. The van der Waals surface area contributed by atoms with Crippen molar-refractivity contribution in [2.75, 3.05) is 0 Å². The van der Waals surface area contributed by atoms with Crippen LogP contribution in [0.5, 0.6) is 0 Å². The number of halogens is 12. The summed E-state index contributed by atoms with van der Waals surface area (Å²) in [5, 5.41) is -3.03. The van der Waals surface area contributed by atoms with Crippen molar-refractivity contribution in [2.45, 2.75) is 11.5 Å². The molecule has 9 aromatic rings. The van der Waals surface area contributed by atoms with Crippen LogP contribution in [0.3, 0.4) is 0 Å². The molecule has 0 saturated heterocycles. The summed E-state index contributed by atoms with van der Waals surface area (Å²) in [6.07, 6.45) is -1.39. The van der Waals surface area contributed by atoms with Gasteiger partial charge in [-0.2, -0.15) is 0 Å². The van der Waals surface area contributed by atoms with Crippen molar-refractivity contribution in [1.29, 1.82) is 0 Å². The Morgan fingerprint density at radius 3 is 0.800 bits per heavy atom. The van der Waals surface area contributed by atoms with E-state index < -0.39 is 120 Å². The Kier molecular flexibility index (Phi) is 6.96. The van der Waals surface area contributed by atoms with Crippen molar-refractivity contribution >= 4 is 70.7 Å². The first-order valence-electron chi connectivity index (χ1n) is 17.7. The number of primary amides is 1. The molecule has 3 nitrogen and oxygen atoms in total. The van der Waals surface area contributed by atoms with E-state index >= 15 is 26.3 Å². The van der Waals surface area contributed by atoms with Crippen molar-refractivity contribution in [3.8, 4) is 0 Å². The van der Waals surface area contributed by atoms with Crippen molar-refractivity contribution < 1.29 is 62.2 Å². The van der Waals surface area contributed by atoms with Gasteiger partial charge in [-0.15, -0.1) is 0 Å². The largest absolute Gasteiger partial charge is 0.428 e. The van der Waals surface area contributed by atoms with Crippen LogP contribution in [0.25, 0.3) is 64.6 Å². The third kappa shape index (κ3) is 4.30. The van der Waals surface area contributed by atoms with Crippen LogP contribution in [0.4, 0.5) is 57.5 Å². The highest BCUT2D eigenvalue weighted by Crippen LogP contribution is 2.61. The molecule has 0 aliphatic heterocycles. The Morgan fingerprint density at radius 2 is 0.583 bits per heavy atom. The minimum absolute atomic E-state index is 0.0947. The maximum Gasteiger partial charge on any atom is 0.406 e. The second kappa shape index (κ2) is 11.6. The molecule has 0 spiro atoms. The molecule has 0 saturated carbocycles. The molecule has 3 aliphatic carbocycles. The van der Waals surface area contributed by atoms with Gasteiger partial charge in [-0.1, -0.05) is 0 Å². The predicted octanol–water partition coefficient (Wildman–Crippen LogP) is 12.5. The van der Waals surface area contributed by atoms with E-state index in [1.807, 2.05) is 0 Å². The van der Waals surface area contributed by atoms with Crippen LogP contribution in [-0.2, 0) is 10.3 Å². The van der Waals surface area contributed by atoms with Gasteiger partial charge in [0.2, 0.25) is 0 Å². The van der Waals surface area contributed by atoms with Crippen LogP contribution < -0.4 is 5.73 Å². The Labute approximate surface area is 325 Å². The molecule has 0 atom stereocenters. The van der Waals surface area contributed by atoms with Crippen molar-refractivity contribution in [1.82, 2.24) is 0 Å². The van der Waals surface area contributed by atoms with Crippen molar-refractivity contribution in [2.24, 2.45) is 5.73 Å². The molecule has 2 bridgehead atoms. The highest BCUT2D eigenvalue weighted by molar-refractivity contribution is 6.04. The summed E-state index contributed by atoms with van der Waals surface area (Å²) in [7, 11) is 0. The lowest BCUT2D eigenvalue weighted by atomic mass is 9.57. The monoisotopic (exact) mass is 829 g/mol. The normalized spacial score (nSPS) is 16.7. The minimum Gasteiger partial charge on any atom is -0.428 e. The SMILES string of the molecule is NC(=O)OC12c3cc4cc5c(F)c(F)c(F)c(F)c5cc4cc3C(c3cc4cc5c(F)c(F)c(F)c(F)c5cc4cc31)c1cc3cc4c(F)c(F)c(F)c(F)c4cc3cc12. The van der Waals surface area contributed by atoms with Crippen LogP contribution >= 0.6 is 0 Å². The van der Waals surface area contributed by atoms with Gasteiger partial charge >= 0.3 is 6.09 Å². The van der Waals surface area contributed by atoms with Gasteiger partial charge in [0.15, 0.2) is 75.4 Å². The smallest absolute Gasteiger partial charge is 0.406 e. The van der Waals surface area contributed by atoms with Crippen LogP contribution in [0.2, 0.25) is 0 Å². The summed E-state index contributed by atoms with van der Waals surface area (Å²) >= 11 is 0. The molecule has 0 aromatic heterocycles. The van der Waals surface area contributed by atoms with E-state index in [-0.39, 0.29) is 49.0 Å². The van der Waals surface area contributed by atoms with Gasteiger partial charge in [0.1, 0.15) is 0 Å². The quantitative estimate of drug-likeness (QED) is 0.0775. The molecule has 0 heterocycles. The standard InChI is InChI=1S/C45H15F12NO2/c46-32-19-1-13-7-25-28(10-16(13)4-22(19)35(49)41(55)38(32)52)45(60-44(58)59)29-11-17-5-23-20(33(47)39(53)42(56)36(23)50)2-14(17)8-26(29)31(25)27-9-15-3-21-24(6-18(15)12-30(27)45)37(51)43(57)40(54)34(21)48/h1-12,31H,(H2,58,59). The van der Waals surface area contributed by atoms with E-state index in [2.05, 4.69) is 0 Å². The first kappa shape index (κ1) is 36.1.